The van der Waals surface area contributed by atoms with Crippen LogP contribution in [0.3, 0.4) is 0 Å². The topological polar surface area (TPSA) is 39.4 Å². The maximum atomic E-state index is 10.7. The Labute approximate surface area is 115 Å². The van der Waals surface area contributed by atoms with Gasteiger partial charge in [-0.3, -0.25) is 4.79 Å². The molecule has 0 aliphatic heterocycles. The third kappa shape index (κ3) is 4.49. The molecule has 0 N–H and O–H groups in total. The second-order valence-electron chi connectivity index (χ2n) is 3.66. The van der Waals surface area contributed by atoms with Crippen molar-refractivity contribution < 1.29 is 13.9 Å². The first-order chi connectivity index (χ1) is 9.24. The summed E-state index contributed by atoms with van der Waals surface area (Å²) in [6, 6.07) is 7.51. The van der Waals surface area contributed by atoms with Crippen molar-refractivity contribution in [3.63, 3.8) is 0 Å². The van der Waals surface area contributed by atoms with E-state index < -0.39 is 0 Å². The first kappa shape index (κ1) is 13.2. The molecule has 0 fully saturated rings. The fraction of sp³-hybridized carbons (Fsp3) is 0.133. The SMILES string of the molecule is CC(=O)OCc1ccc(C#C/C=C/c2ccco2)s1. The van der Waals surface area contributed by atoms with Crippen molar-refractivity contribution in [1.29, 1.82) is 0 Å². The highest BCUT2D eigenvalue weighted by molar-refractivity contribution is 7.12. The van der Waals surface area contributed by atoms with E-state index >= 15 is 0 Å². The number of rotatable bonds is 3. The van der Waals surface area contributed by atoms with Gasteiger partial charge in [0.2, 0.25) is 0 Å². The van der Waals surface area contributed by atoms with Crippen molar-refractivity contribution in [1.82, 2.24) is 0 Å². The average Bonchev–Trinajstić information content (AvgIpc) is 3.04. The molecule has 0 unspecified atom stereocenters. The number of carbonyl (C=O) groups is 1. The first-order valence-corrected chi connectivity index (χ1v) is 6.49. The lowest BCUT2D eigenvalue weighted by Gasteiger charge is -1.96. The van der Waals surface area contributed by atoms with Crippen LogP contribution in [0.4, 0.5) is 0 Å². The molecule has 0 aromatic carbocycles. The van der Waals surface area contributed by atoms with Crippen LogP contribution in [0.15, 0.2) is 41.0 Å². The number of thiophene rings is 1. The van der Waals surface area contributed by atoms with E-state index in [-0.39, 0.29) is 5.97 Å². The molecule has 3 nitrogen and oxygen atoms in total. The van der Waals surface area contributed by atoms with Gasteiger partial charge in [0.25, 0.3) is 0 Å². The summed E-state index contributed by atoms with van der Waals surface area (Å²) in [5.41, 5.74) is 0. The van der Waals surface area contributed by atoms with Gasteiger partial charge in [-0.15, -0.1) is 11.3 Å². The van der Waals surface area contributed by atoms with Crippen LogP contribution in [0.2, 0.25) is 0 Å². The first-order valence-electron chi connectivity index (χ1n) is 5.68. The number of hydrogen-bond donors (Lipinski definition) is 0. The molecule has 19 heavy (non-hydrogen) atoms. The molecule has 0 bridgehead atoms. The van der Waals surface area contributed by atoms with Crippen LogP contribution in [0.1, 0.15) is 22.4 Å². The van der Waals surface area contributed by atoms with Crippen LogP contribution in [0.25, 0.3) is 6.08 Å². The molecule has 0 amide bonds. The maximum absolute atomic E-state index is 10.7. The summed E-state index contributed by atoms with van der Waals surface area (Å²) >= 11 is 1.51. The third-order valence-electron chi connectivity index (χ3n) is 2.15. The Hall–Kier alpha value is -2.25. The Morgan fingerprint density at radius 2 is 2.37 bits per heavy atom. The monoisotopic (exact) mass is 272 g/mol. The Kier molecular flexibility index (Phi) is 4.60. The lowest BCUT2D eigenvalue weighted by atomic mass is 10.4. The molecule has 2 aromatic rings. The van der Waals surface area contributed by atoms with Crippen LogP contribution in [-0.2, 0) is 16.1 Å². The van der Waals surface area contributed by atoms with Gasteiger partial charge in [0.05, 0.1) is 11.1 Å². The van der Waals surface area contributed by atoms with Gasteiger partial charge in [-0.05, 0) is 36.4 Å². The predicted octanol–water partition coefficient (Wildman–Crippen LogP) is 3.47. The van der Waals surface area contributed by atoms with Crippen molar-refractivity contribution in [2.24, 2.45) is 0 Å². The summed E-state index contributed by atoms with van der Waals surface area (Å²) in [6.07, 6.45) is 5.17. The van der Waals surface area contributed by atoms with Gasteiger partial charge < -0.3 is 9.15 Å². The minimum atomic E-state index is -0.276. The molecule has 2 aromatic heterocycles. The van der Waals surface area contributed by atoms with Crippen molar-refractivity contribution in [2.45, 2.75) is 13.5 Å². The second kappa shape index (κ2) is 6.62. The Morgan fingerprint density at radius 3 is 3.11 bits per heavy atom. The van der Waals surface area contributed by atoms with Crippen molar-refractivity contribution in [3.05, 3.63) is 52.1 Å². The van der Waals surface area contributed by atoms with Gasteiger partial charge in [0.1, 0.15) is 12.4 Å². The van der Waals surface area contributed by atoms with Gasteiger partial charge in [0, 0.05) is 11.8 Å². The molecule has 0 radical (unpaired) electrons. The summed E-state index contributed by atoms with van der Waals surface area (Å²) in [5, 5.41) is 0. The standard InChI is InChI=1S/C15H12O3S/c1-12(16)18-11-15-9-8-14(19-15)7-3-2-5-13-6-4-10-17-13/h2,4-6,8-10H,11H2,1H3/b5-2+. The molecular formula is C15H12O3S. The highest BCUT2D eigenvalue weighted by Gasteiger charge is 1.99. The summed E-state index contributed by atoms with van der Waals surface area (Å²) < 4.78 is 10.1. The third-order valence-corrected chi connectivity index (χ3v) is 3.12. The second-order valence-corrected chi connectivity index (χ2v) is 4.83. The quantitative estimate of drug-likeness (QED) is 0.634. The molecule has 0 aliphatic carbocycles. The Balaban J connectivity index is 1.91. The number of ether oxygens (including phenoxy) is 1. The number of esters is 1. The zero-order valence-corrected chi connectivity index (χ0v) is 11.2. The molecule has 2 rings (SSSR count). The number of allylic oxidation sites excluding steroid dienone is 1. The summed E-state index contributed by atoms with van der Waals surface area (Å²) in [6.45, 7) is 1.71. The number of carbonyl (C=O) groups excluding carboxylic acids is 1. The largest absolute Gasteiger partial charge is 0.465 e. The molecule has 0 atom stereocenters. The maximum Gasteiger partial charge on any atom is 0.302 e. The summed E-state index contributed by atoms with van der Waals surface area (Å²) in [5.74, 6) is 6.44. The van der Waals surface area contributed by atoms with Gasteiger partial charge in [-0.2, -0.15) is 0 Å². The Bertz CT molecular complexity index is 624. The number of furan rings is 1. The highest BCUT2D eigenvalue weighted by Crippen LogP contribution is 2.16. The molecule has 0 saturated carbocycles. The zero-order valence-electron chi connectivity index (χ0n) is 10.4. The van der Waals surface area contributed by atoms with E-state index in [1.165, 1.54) is 18.3 Å². The molecule has 2 heterocycles. The van der Waals surface area contributed by atoms with E-state index in [0.29, 0.717) is 6.61 Å². The Morgan fingerprint density at radius 1 is 1.47 bits per heavy atom. The predicted molar refractivity (Wildman–Crippen MR) is 74.4 cm³/mol. The molecule has 0 spiro atoms. The van der Waals surface area contributed by atoms with Gasteiger partial charge in [-0.1, -0.05) is 11.8 Å². The molecule has 96 valence electrons. The number of hydrogen-bond acceptors (Lipinski definition) is 4. The molecule has 4 heteroatoms. The fourth-order valence-corrected chi connectivity index (χ4v) is 2.10. The van der Waals surface area contributed by atoms with Crippen LogP contribution < -0.4 is 0 Å². The lowest BCUT2D eigenvalue weighted by Crippen LogP contribution is -1.96. The van der Waals surface area contributed by atoms with E-state index in [2.05, 4.69) is 11.8 Å². The molecule has 0 saturated heterocycles. The van der Waals surface area contributed by atoms with Crippen LogP contribution >= 0.6 is 11.3 Å². The van der Waals surface area contributed by atoms with Crippen LogP contribution in [0, 0.1) is 11.8 Å². The van der Waals surface area contributed by atoms with Crippen LogP contribution in [0.5, 0.6) is 0 Å². The van der Waals surface area contributed by atoms with Crippen molar-refractivity contribution >= 4 is 23.4 Å². The van der Waals surface area contributed by atoms with Gasteiger partial charge >= 0.3 is 5.97 Å². The average molecular weight is 272 g/mol. The smallest absolute Gasteiger partial charge is 0.302 e. The normalized spacial score (nSPS) is 10.2. The lowest BCUT2D eigenvalue weighted by molar-refractivity contribution is -0.142. The fourth-order valence-electron chi connectivity index (χ4n) is 1.32. The molecule has 0 aliphatic rings. The van der Waals surface area contributed by atoms with Crippen molar-refractivity contribution in [2.75, 3.05) is 0 Å². The summed E-state index contributed by atoms with van der Waals surface area (Å²) in [7, 11) is 0. The van der Waals surface area contributed by atoms with E-state index in [4.69, 9.17) is 9.15 Å². The summed E-state index contributed by atoms with van der Waals surface area (Å²) in [4.78, 5) is 12.6. The zero-order chi connectivity index (χ0) is 13.5. The van der Waals surface area contributed by atoms with Crippen LogP contribution in [-0.4, -0.2) is 5.97 Å². The minimum Gasteiger partial charge on any atom is -0.465 e. The van der Waals surface area contributed by atoms with E-state index in [9.17, 15) is 4.79 Å². The highest BCUT2D eigenvalue weighted by atomic mass is 32.1. The minimum absolute atomic E-state index is 0.276. The van der Waals surface area contributed by atoms with Gasteiger partial charge in [-0.25, -0.2) is 0 Å². The molecular weight excluding hydrogens is 260 g/mol. The van der Waals surface area contributed by atoms with Crippen molar-refractivity contribution in [3.8, 4) is 11.8 Å². The van der Waals surface area contributed by atoms with E-state index in [0.717, 1.165) is 15.5 Å². The van der Waals surface area contributed by atoms with E-state index in [1.54, 1.807) is 18.4 Å². The van der Waals surface area contributed by atoms with E-state index in [1.807, 2.05) is 24.3 Å². The van der Waals surface area contributed by atoms with Gasteiger partial charge in [0.15, 0.2) is 0 Å².